The topological polar surface area (TPSA) is 71.1 Å². The molecule has 5 heteroatoms. The van der Waals surface area contributed by atoms with E-state index in [2.05, 4.69) is 15.6 Å². The number of hydrogen-bond acceptors (Lipinski definition) is 3. The molecule has 2 aromatic rings. The molecule has 2 N–H and O–H groups in total. The van der Waals surface area contributed by atoms with Gasteiger partial charge in [-0.2, -0.15) is 0 Å². The van der Waals surface area contributed by atoms with Gasteiger partial charge in [0.1, 0.15) is 0 Å². The minimum absolute atomic E-state index is 0.0117. The summed E-state index contributed by atoms with van der Waals surface area (Å²) in [4.78, 5) is 28.3. The summed E-state index contributed by atoms with van der Waals surface area (Å²) in [5.41, 5.74) is 1.63. The molecule has 2 amide bonds. The highest BCUT2D eigenvalue weighted by Crippen LogP contribution is 2.36. The predicted molar refractivity (Wildman–Crippen MR) is 105 cm³/mol. The van der Waals surface area contributed by atoms with E-state index in [-0.39, 0.29) is 17.9 Å². The zero-order valence-electron chi connectivity index (χ0n) is 15.7. The number of nitrogens with one attached hydrogen (secondary N) is 2. The number of carbonyl (C=O) groups excluding carboxylic acids is 2. The van der Waals surface area contributed by atoms with Crippen molar-refractivity contribution in [1.29, 1.82) is 0 Å². The summed E-state index contributed by atoms with van der Waals surface area (Å²) in [6.07, 6.45) is 5.90. The molecule has 0 radical (unpaired) electrons. The molecule has 1 aromatic carbocycles. The first-order valence-electron chi connectivity index (χ1n) is 9.64. The van der Waals surface area contributed by atoms with Gasteiger partial charge in [-0.05, 0) is 61.8 Å². The maximum Gasteiger partial charge on any atom is 0.251 e. The van der Waals surface area contributed by atoms with Gasteiger partial charge in [-0.3, -0.25) is 14.6 Å². The zero-order chi connectivity index (χ0) is 19.1. The number of amides is 2. The SMILES string of the molecule is CC(=O)NC(c1ccccn1)C1CCC(CNC(=O)c2ccccc2)CC1. The van der Waals surface area contributed by atoms with E-state index in [4.69, 9.17) is 0 Å². The highest BCUT2D eigenvalue weighted by atomic mass is 16.2. The van der Waals surface area contributed by atoms with Crippen LogP contribution in [-0.2, 0) is 4.79 Å². The molecule has 27 heavy (non-hydrogen) atoms. The molecule has 1 aromatic heterocycles. The molecule has 1 fully saturated rings. The lowest BCUT2D eigenvalue weighted by Crippen LogP contribution is -2.36. The summed E-state index contributed by atoms with van der Waals surface area (Å²) in [5.74, 6) is 0.825. The average Bonchev–Trinajstić information content (AvgIpc) is 2.72. The molecule has 0 aliphatic heterocycles. The molecule has 0 saturated heterocycles. The second-order valence-corrected chi connectivity index (χ2v) is 7.29. The molecule has 5 nitrogen and oxygen atoms in total. The van der Waals surface area contributed by atoms with E-state index in [0.717, 1.165) is 31.4 Å². The Labute approximate surface area is 160 Å². The van der Waals surface area contributed by atoms with Crippen molar-refractivity contribution in [3.8, 4) is 0 Å². The minimum Gasteiger partial charge on any atom is -0.352 e. The maximum absolute atomic E-state index is 12.2. The third-order valence-corrected chi connectivity index (χ3v) is 5.32. The molecule has 1 heterocycles. The van der Waals surface area contributed by atoms with Crippen molar-refractivity contribution in [1.82, 2.24) is 15.6 Å². The van der Waals surface area contributed by atoms with Crippen molar-refractivity contribution < 1.29 is 9.59 Å². The van der Waals surface area contributed by atoms with Gasteiger partial charge in [0.25, 0.3) is 5.91 Å². The van der Waals surface area contributed by atoms with Gasteiger partial charge in [0.15, 0.2) is 0 Å². The van der Waals surface area contributed by atoms with Crippen LogP contribution in [0.25, 0.3) is 0 Å². The third kappa shape index (κ3) is 5.39. The average molecular weight is 365 g/mol. The highest BCUT2D eigenvalue weighted by molar-refractivity contribution is 5.94. The molecule has 1 aliphatic carbocycles. The normalized spacial score (nSPS) is 20.5. The lowest BCUT2D eigenvalue weighted by Gasteiger charge is -2.34. The van der Waals surface area contributed by atoms with Crippen LogP contribution in [0.4, 0.5) is 0 Å². The maximum atomic E-state index is 12.2. The Morgan fingerprint density at radius 3 is 2.37 bits per heavy atom. The monoisotopic (exact) mass is 365 g/mol. The van der Waals surface area contributed by atoms with E-state index in [1.165, 1.54) is 0 Å². The van der Waals surface area contributed by atoms with Crippen molar-refractivity contribution in [3.05, 3.63) is 66.0 Å². The fraction of sp³-hybridized carbons (Fsp3) is 0.409. The summed E-state index contributed by atoms with van der Waals surface area (Å²) >= 11 is 0. The van der Waals surface area contributed by atoms with Crippen LogP contribution in [0.3, 0.4) is 0 Å². The van der Waals surface area contributed by atoms with Gasteiger partial charge in [0, 0.05) is 25.2 Å². The lowest BCUT2D eigenvalue weighted by atomic mass is 9.77. The first kappa shape index (κ1) is 19.1. The first-order valence-corrected chi connectivity index (χ1v) is 9.64. The summed E-state index contributed by atoms with van der Waals surface area (Å²) in [6.45, 7) is 2.26. The Morgan fingerprint density at radius 2 is 1.74 bits per heavy atom. The lowest BCUT2D eigenvalue weighted by molar-refractivity contribution is -0.120. The molecule has 0 bridgehead atoms. The molecule has 1 atom stereocenters. The van der Waals surface area contributed by atoms with Gasteiger partial charge < -0.3 is 10.6 Å². The summed E-state index contributed by atoms with van der Waals surface area (Å²) in [7, 11) is 0. The number of hydrogen-bond donors (Lipinski definition) is 2. The van der Waals surface area contributed by atoms with Crippen LogP contribution in [0.2, 0.25) is 0 Å². The largest absolute Gasteiger partial charge is 0.352 e. The number of pyridine rings is 1. The van der Waals surface area contributed by atoms with Gasteiger partial charge >= 0.3 is 0 Å². The van der Waals surface area contributed by atoms with E-state index in [1.807, 2.05) is 48.5 Å². The summed E-state index contributed by atoms with van der Waals surface area (Å²) in [6, 6.07) is 15.1. The van der Waals surface area contributed by atoms with Gasteiger partial charge in [-0.15, -0.1) is 0 Å². The molecule has 3 rings (SSSR count). The molecule has 1 aliphatic rings. The van der Waals surface area contributed by atoms with Gasteiger partial charge in [0.2, 0.25) is 5.91 Å². The highest BCUT2D eigenvalue weighted by Gasteiger charge is 2.30. The van der Waals surface area contributed by atoms with Crippen LogP contribution in [0, 0.1) is 11.8 Å². The van der Waals surface area contributed by atoms with Crippen LogP contribution in [0.1, 0.15) is 54.7 Å². The third-order valence-electron chi connectivity index (χ3n) is 5.32. The Hall–Kier alpha value is -2.69. The van der Waals surface area contributed by atoms with E-state index in [0.29, 0.717) is 23.9 Å². The van der Waals surface area contributed by atoms with Gasteiger partial charge in [-0.25, -0.2) is 0 Å². The molecular formula is C22H27N3O2. The fourth-order valence-electron chi connectivity index (χ4n) is 3.87. The van der Waals surface area contributed by atoms with E-state index >= 15 is 0 Å². The Balaban J connectivity index is 1.52. The van der Waals surface area contributed by atoms with E-state index < -0.39 is 0 Å². The Kier molecular flexibility index (Phi) is 6.58. The van der Waals surface area contributed by atoms with Crippen molar-refractivity contribution in [3.63, 3.8) is 0 Å². The minimum atomic E-state index is -0.0384. The first-order chi connectivity index (χ1) is 13.1. The smallest absolute Gasteiger partial charge is 0.251 e. The fourth-order valence-corrected chi connectivity index (χ4v) is 3.87. The summed E-state index contributed by atoms with van der Waals surface area (Å²) < 4.78 is 0. The van der Waals surface area contributed by atoms with Crippen LogP contribution >= 0.6 is 0 Å². The molecule has 142 valence electrons. The standard InChI is InChI=1S/C22H27N3O2/c1-16(26)25-21(20-9-5-6-14-23-20)18-12-10-17(11-13-18)15-24-22(27)19-7-3-2-4-8-19/h2-9,14,17-18,21H,10-13,15H2,1H3,(H,24,27)(H,25,26). The van der Waals surface area contributed by atoms with E-state index in [1.54, 1.807) is 13.1 Å². The molecule has 0 spiro atoms. The van der Waals surface area contributed by atoms with Crippen molar-refractivity contribution in [2.75, 3.05) is 6.54 Å². The van der Waals surface area contributed by atoms with Gasteiger partial charge in [-0.1, -0.05) is 24.3 Å². The van der Waals surface area contributed by atoms with Crippen molar-refractivity contribution in [2.24, 2.45) is 11.8 Å². The van der Waals surface area contributed by atoms with Crippen LogP contribution in [-0.4, -0.2) is 23.3 Å². The number of aromatic nitrogens is 1. The van der Waals surface area contributed by atoms with Crippen molar-refractivity contribution >= 4 is 11.8 Å². The van der Waals surface area contributed by atoms with Gasteiger partial charge in [0.05, 0.1) is 11.7 Å². The second-order valence-electron chi connectivity index (χ2n) is 7.29. The number of rotatable bonds is 6. The number of benzene rings is 1. The molecular weight excluding hydrogens is 338 g/mol. The number of carbonyl (C=O) groups is 2. The molecule has 1 unspecified atom stereocenters. The Bertz CT molecular complexity index is 741. The van der Waals surface area contributed by atoms with Crippen LogP contribution in [0.15, 0.2) is 54.7 Å². The predicted octanol–water partition coefficient (Wildman–Crippen LogP) is 3.50. The zero-order valence-corrected chi connectivity index (χ0v) is 15.7. The van der Waals surface area contributed by atoms with E-state index in [9.17, 15) is 9.59 Å². The van der Waals surface area contributed by atoms with Crippen LogP contribution in [0.5, 0.6) is 0 Å². The quantitative estimate of drug-likeness (QED) is 0.823. The van der Waals surface area contributed by atoms with Crippen LogP contribution < -0.4 is 10.6 Å². The Morgan fingerprint density at radius 1 is 1.04 bits per heavy atom. The summed E-state index contributed by atoms with van der Waals surface area (Å²) in [5, 5.41) is 6.14. The molecule has 1 saturated carbocycles. The van der Waals surface area contributed by atoms with Crippen molar-refractivity contribution in [2.45, 2.75) is 38.6 Å². The second kappa shape index (κ2) is 9.31. The number of nitrogens with zero attached hydrogens (tertiary/aromatic N) is 1.